The van der Waals surface area contributed by atoms with Crippen LogP contribution in [0, 0.1) is 5.92 Å². The molecular weight excluding hydrogens is 358 g/mol. The summed E-state index contributed by atoms with van der Waals surface area (Å²) in [6.45, 7) is 0.963. The van der Waals surface area contributed by atoms with Gasteiger partial charge in [0.15, 0.2) is 0 Å². The van der Waals surface area contributed by atoms with Crippen molar-refractivity contribution in [2.45, 2.75) is 13.0 Å². The van der Waals surface area contributed by atoms with Gasteiger partial charge in [0, 0.05) is 35.6 Å². The largest absolute Gasteiger partial charge is 0.351 e. The quantitative estimate of drug-likeness (QED) is 0.837. The first kappa shape index (κ1) is 15.7. The maximum atomic E-state index is 12.5. The number of carbonyl (C=O) groups excluding carboxylic acids is 2. The Morgan fingerprint density at radius 2 is 2.09 bits per heavy atom. The first-order valence-electron chi connectivity index (χ1n) is 7.39. The van der Waals surface area contributed by atoms with Crippen molar-refractivity contribution < 1.29 is 9.59 Å². The second-order valence-electron chi connectivity index (χ2n) is 5.38. The van der Waals surface area contributed by atoms with Crippen LogP contribution in [0.1, 0.15) is 12.0 Å². The van der Waals surface area contributed by atoms with Crippen LogP contribution in [0.3, 0.4) is 0 Å². The van der Waals surface area contributed by atoms with E-state index in [1.807, 2.05) is 36.4 Å². The Bertz CT molecular complexity index is 721. The Morgan fingerprint density at radius 1 is 1.30 bits per heavy atom. The number of carbonyl (C=O) groups is 2. The summed E-state index contributed by atoms with van der Waals surface area (Å²) in [6, 6.07) is 11.2. The topological polar surface area (TPSA) is 62.3 Å². The van der Waals surface area contributed by atoms with E-state index in [0.29, 0.717) is 19.5 Å². The van der Waals surface area contributed by atoms with Gasteiger partial charge in [-0.15, -0.1) is 0 Å². The van der Waals surface area contributed by atoms with Gasteiger partial charge in [0.1, 0.15) is 5.92 Å². The van der Waals surface area contributed by atoms with Crippen LogP contribution in [0.5, 0.6) is 0 Å². The van der Waals surface area contributed by atoms with Gasteiger partial charge in [-0.05, 0) is 42.3 Å². The normalized spacial score (nSPS) is 17.3. The number of hydrogen-bond donors (Lipinski definition) is 1. The van der Waals surface area contributed by atoms with Crippen LogP contribution in [0.4, 0.5) is 5.69 Å². The molecule has 0 aliphatic carbocycles. The molecule has 0 spiro atoms. The molecule has 1 aromatic carbocycles. The van der Waals surface area contributed by atoms with Crippen molar-refractivity contribution in [3.05, 3.63) is 58.8 Å². The fraction of sp³-hybridized carbons (Fsp3) is 0.235. The second-order valence-corrected chi connectivity index (χ2v) is 6.30. The number of anilines is 1. The van der Waals surface area contributed by atoms with E-state index in [4.69, 9.17) is 0 Å². The Labute approximate surface area is 142 Å². The van der Waals surface area contributed by atoms with Crippen molar-refractivity contribution in [1.82, 2.24) is 10.3 Å². The van der Waals surface area contributed by atoms with E-state index in [2.05, 4.69) is 26.2 Å². The van der Waals surface area contributed by atoms with Crippen molar-refractivity contribution in [2.75, 3.05) is 11.4 Å². The van der Waals surface area contributed by atoms with Crippen molar-refractivity contribution in [3.8, 4) is 0 Å². The number of pyridine rings is 1. The van der Waals surface area contributed by atoms with E-state index in [1.54, 1.807) is 17.3 Å². The minimum absolute atomic E-state index is 0.143. The van der Waals surface area contributed by atoms with Crippen LogP contribution in [0.15, 0.2) is 53.3 Å². The van der Waals surface area contributed by atoms with Gasteiger partial charge in [0.05, 0.1) is 0 Å². The Balaban J connectivity index is 1.63. The van der Waals surface area contributed by atoms with Crippen LogP contribution in [-0.2, 0) is 16.1 Å². The van der Waals surface area contributed by atoms with Crippen LogP contribution >= 0.6 is 15.9 Å². The van der Waals surface area contributed by atoms with E-state index in [1.165, 1.54) is 0 Å². The molecule has 1 aliphatic rings. The molecule has 0 unspecified atom stereocenters. The van der Waals surface area contributed by atoms with Crippen LogP contribution in [-0.4, -0.2) is 23.3 Å². The molecule has 3 rings (SSSR count). The third kappa shape index (κ3) is 3.59. The molecule has 1 aliphatic heterocycles. The maximum Gasteiger partial charge on any atom is 0.239 e. The lowest BCUT2D eigenvalue weighted by molar-refractivity contribution is -0.132. The molecule has 1 N–H and O–H groups in total. The Morgan fingerprint density at radius 3 is 2.83 bits per heavy atom. The van der Waals surface area contributed by atoms with Gasteiger partial charge in [0.2, 0.25) is 11.8 Å². The highest BCUT2D eigenvalue weighted by Gasteiger charge is 2.37. The summed E-state index contributed by atoms with van der Waals surface area (Å²) in [5, 5.41) is 2.83. The summed E-state index contributed by atoms with van der Waals surface area (Å²) in [5.41, 5.74) is 1.77. The molecular formula is C17H16BrN3O2. The SMILES string of the molecule is O=C(NCc1ccncc1)[C@@H]1CCN(c2cccc(Br)c2)C1=O. The summed E-state index contributed by atoms with van der Waals surface area (Å²) >= 11 is 3.40. The number of nitrogens with zero attached hydrogens (tertiary/aromatic N) is 2. The molecule has 1 aromatic heterocycles. The Hall–Kier alpha value is -2.21. The highest BCUT2D eigenvalue weighted by Crippen LogP contribution is 2.27. The standard InChI is InChI=1S/C17H16BrN3O2/c18-13-2-1-3-14(10-13)21-9-6-15(17(21)23)16(22)20-11-12-4-7-19-8-5-12/h1-5,7-8,10,15H,6,9,11H2,(H,20,22)/t15-/m0/s1. The molecule has 1 saturated heterocycles. The average Bonchev–Trinajstić information content (AvgIpc) is 2.95. The van der Waals surface area contributed by atoms with Crippen molar-refractivity contribution in [1.29, 1.82) is 0 Å². The van der Waals surface area contributed by atoms with Gasteiger partial charge >= 0.3 is 0 Å². The van der Waals surface area contributed by atoms with E-state index >= 15 is 0 Å². The third-order valence-electron chi connectivity index (χ3n) is 3.86. The smallest absolute Gasteiger partial charge is 0.239 e. The predicted octanol–water partition coefficient (Wildman–Crippen LogP) is 2.51. The van der Waals surface area contributed by atoms with E-state index in [-0.39, 0.29) is 11.8 Å². The molecule has 6 heteroatoms. The molecule has 0 saturated carbocycles. The molecule has 1 fully saturated rings. The Kier molecular flexibility index (Phi) is 4.71. The van der Waals surface area contributed by atoms with E-state index in [0.717, 1.165) is 15.7 Å². The number of amides is 2. The molecule has 2 heterocycles. The van der Waals surface area contributed by atoms with Crippen LogP contribution in [0.2, 0.25) is 0 Å². The monoisotopic (exact) mass is 373 g/mol. The van der Waals surface area contributed by atoms with Gasteiger partial charge in [-0.1, -0.05) is 22.0 Å². The number of rotatable bonds is 4. The van der Waals surface area contributed by atoms with Crippen molar-refractivity contribution in [2.24, 2.45) is 5.92 Å². The molecule has 5 nitrogen and oxygen atoms in total. The minimum Gasteiger partial charge on any atom is -0.351 e. The number of nitrogens with one attached hydrogen (secondary N) is 1. The minimum atomic E-state index is -0.615. The van der Waals surface area contributed by atoms with E-state index < -0.39 is 5.92 Å². The van der Waals surface area contributed by atoms with E-state index in [9.17, 15) is 9.59 Å². The highest BCUT2D eigenvalue weighted by molar-refractivity contribution is 9.10. The van der Waals surface area contributed by atoms with Gasteiger partial charge in [0.25, 0.3) is 0 Å². The molecule has 2 aromatic rings. The zero-order valence-electron chi connectivity index (χ0n) is 12.4. The third-order valence-corrected chi connectivity index (χ3v) is 4.35. The van der Waals surface area contributed by atoms with Crippen LogP contribution in [0.25, 0.3) is 0 Å². The summed E-state index contributed by atoms with van der Waals surface area (Å²) in [7, 11) is 0. The number of halogens is 1. The molecule has 0 bridgehead atoms. The van der Waals surface area contributed by atoms with Crippen LogP contribution < -0.4 is 10.2 Å². The summed E-state index contributed by atoms with van der Waals surface area (Å²) in [4.78, 5) is 30.4. The number of aromatic nitrogens is 1. The number of hydrogen-bond acceptors (Lipinski definition) is 3. The summed E-state index contributed by atoms with van der Waals surface area (Å²) < 4.78 is 0.911. The molecule has 23 heavy (non-hydrogen) atoms. The van der Waals surface area contributed by atoms with Gasteiger partial charge in [-0.3, -0.25) is 14.6 Å². The summed E-state index contributed by atoms with van der Waals surface area (Å²) in [5.74, 6) is -0.976. The van der Waals surface area contributed by atoms with Gasteiger partial charge in [-0.25, -0.2) is 0 Å². The fourth-order valence-corrected chi connectivity index (χ4v) is 3.02. The van der Waals surface area contributed by atoms with Gasteiger partial charge < -0.3 is 10.2 Å². The lowest BCUT2D eigenvalue weighted by Gasteiger charge is -2.17. The second kappa shape index (κ2) is 6.91. The fourth-order valence-electron chi connectivity index (χ4n) is 2.64. The zero-order valence-corrected chi connectivity index (χ0v) is 14.0. The molecule has 2 amide bonds. The van der Waals surface area contributed by atoms with Crippen molar-refractivity contribution >= 4 is 33.4 Å². The lowest BCUT2D eigenvalue weighted by Crippen LogP contribution is -2.36. The highest BCUT2D eigenvalue weighted by atomic mass is 79.9. The molecule has 1 atom stereocenters. The zero-order chi connectivity index (χ0) is 16.2. The molecule has 118 valence electrons. The summed E-state index contributed by atoms with van der Waals surface area (Å²) in [6.07, 6.45) is 3.89. The van der Waals surface area contributed by atoms with Crippen molar-refractivity contribution in [3.63, 3.8) is 0 Å². The molecule has 0 radical (unpaired) electrons. The average molecular weight is 374 g/mol. The number of benzene rings is 1. The first-order chi connectivity index (χ1) is 11.1. The predicted molar refractivity (Wildman–Crippen MR) is 90.7 cm³/mol. The lowest BCUT2D eigenvalue weighted by atomic mass is 10.1. The van der Waals surface area contributed by atoms with Gasteiger partial charge in [-0.2, -0.15) is 0 Å². The first-order valence-corrected chi connectivity index (χ1v) is 8.18. The maximum absolute atomic E-state index is 12.5.